The fourth-order valence-corrected chi connectivity index (χ4v) is 3.10. The molecule has 0 aliphatic heterocycles. The fraction of sp³-hybridized carbons (Fsp3) is 0.250. The lowest BCUT2D eigenvalue weighted by Gasteiger charge is -2.21. The van der Waals surface area contributed by atoms with Crippen LogP contribution in [0.2, 0.25) is 0 Å². The summed E-state index contributed by atoms with van der Waals surface area (Å²) in [5, 5.41) is 12.6. The van der Waals surface area contributed by atoms with E-state index in [2.05, 4.69) is 9.88 Å². The molecular weight excluding hydrogens is 346 g/mol. The third-order valence-electron chi connectivity index (χ3n) is 4.56. The molecule has 27 heavy (non-hydrogen) atoms. The molecule has 140 valence electrons. The number of benzene rings is 2. The third kappa shape index (κ3) is 3.76. The van der Waals surface area contributed by atoms with Gasteiger partial charge >= 0.3 is 0 Å². The van der Waals surface area contributed by atoms with Crippen molar-refractivity contribution in [3.05, 3.63) is 64.5 Å². The summed E-state index contributed by atoms with van der Waals surface area (Å²) in [6.07, 6.45) is 3.98. The van der Waals surface area contributed by atoms with Gasteiger partial charge in [0, 0.05) is 43.1 Å². The predicted octanol–water partition coefficient (Wildman–Crippen LogP) is 3.84. The molecule has 0 spiro atoms. The van der Waals surface area contributed by atoms with Crippen LogP contribution < -0.4 is 14.4 Å². The van der Waals surface area contributed by atoms with E-state index in [4.69, 9.17) is 9.47 Å². The van der Waals surface area contributed by atoms with Gasteiger partial charge in [-0.1, -0.05) is 6.07 Å². The zero-order valence-corrected chi connectivity index (χ0v) is 15.5. The lowest BCUT2D eigenvalue weighted by molar-refractivity contribution is -0.383. The Kier molecular flexibility index (Phi) is 5.40. The number of pyridine rings is 1. The molecule has 0 fully saturated rings. The van der Waals surface area contributed by atoms with Gasteiger partial charge in [-0.05, 0) is 36.2 Å². The Bertz CT molecular complexity index is 975. The van der Waals surface area contributed by atoms with Crippen LogP contribution in [0.25, 0.3) is 10.8 Å². The highest BCUT2D eigenvalue weighted by Crippen LogP contribution is 2.33. The quantitative estimate of drug-likeness (QED) is 0.466. The van der Waals surface area contributed by atoms with Crippen molar-refractivity contribution in [3.8, 4) is 11.5 Å². The molecule has 0 bridgehead atoms. The maximum Gasteiger partial charge on any atom is 0.278 e. The van der Waals surface area contributed by atoms with Crippen LogP contribution in [0.15, 0.2) is 48.8 Å². The Balaban J connectivity index is 1.84. The molecule has 1 aromatic heterocycles. The lowest BCUT2D eigenvalue weighted by atomic mass is 10.1. The molecule has 0 unspecified atom stereocenters. The number of methoxy groups -OCH3 is 2. The number of hydrogen-bond acceptors (Lipinski definition) is 6. The highest BCUT2D eigenvalue weighted by atomic mass is 16.6. The minimum absolute atomic E-state index is 0.0649. The molecule has 3 aromatic rings. The Hall–Kier alpha value is -3.35. The van der Waals surface area contributed by atoms with Crippen LogP contribution in [0.5, 0.6) is 11.5 Å². The molecule has 1 heterocycles. The number of rotatable bonds is 7. The fourth-order valence-electron chi connectivity index (χ4n) is 3.10. The van der Waals surface area contributed by atoms with Crippen molar-refractivity contribution in [1.29, 1.82) is 0 Å². The van der Waals surface area contributed by atoms with E-state index >= 15 is 0 Å². The zero-order chi connectivity index (χ0) is 19.4. The van der Waals surface area contributed by atoms with E-state index in [0.29, 0.717) is 16.9 Å². The first-order chi connectivity index (χ1) is 13.0. The summed E-state index contributed by atoms with van der Waals surface area (Å²) >= 11 is 0. The van der Waals surface area contributed by atoms with Gasteiger partial charge in [0.1, 0.15) is 0 Å². The number of nitro benzene ring substituents is 1. The second-order valence-corrected chi connectivity index (χ2v) is 6.14. The van der Waals surface area contributed by atoms with E-state index in [1.54, 1.807) is 32.7 Å². The number of aromatic nitrogens is 1. The summed E-state index contributed by atoms with van der Waals surface area (Å²) in [5.41, 5.74) is 2.11. The predicted molar refractivity (Wildman–Crippen MR) is 105 cm³/mol. The van der Waals surface area contributed by atoms with E-state index in [1.165, 1.54) is 6.07 Å². The van der Waals surface area contributed by atoms with Gasteiger partial charge in [0.25, 0.3) is 5.69 Å². The molecule has 0 saturated carbocycles. The summed E-state index contributed by atoms with van der Waals surface area (Å²) in [5.74, 6) is 1.40. The number of hydrogen-bond donors (Lipinski definition) is 0. The molecule has 0 saturated heterocycles. The molecule has 2 aromatic carbocycles. The summed E-state index contributed by atoms with van der Waals surface area (Å²) in [7, 11) is 5.20. The van der Waals surface area contributed by atoms with Gasteiger partial charge in [-0.2, -0.15) is 0 Å². The van der Waals surface area contributed by atoms with Crippen molar-refractivity contribution in [2.75, 3.05) is 32.7 Å². The van der Waals surface area contributed by atoms with Crippen LogP contribution in [0.4, 0.5) is 11.4 Å². The second-order valence-electron chi connectivity index (χ2n) is 6.14. The summed E-state index contributed by atoms with van der Waals surface area (Å²) in [6, 6.07) is 11.0. The van der Waals surface area contributed by atoms with Gasteiger partial charge in [-0.25, -0.2) is 0 Å². The molecule has 0 N–H and O–H groups in total. The topological polar surface area (TPSA) is 77.7 Å². The maximum atomic E-state index is 11.3. The first kappa shape index (κ1) is 18.4. The smallest absolute Gasteiger partial charge is 0.278 e. The Morgan fingerprint density at radius 2 is 1.85 bits per heavy atom. The van der Waals surface area contributed by atoms with E-state index in [9.17, 15) is 10.1 Å². The van der Waals surface area contributed by atoms with Crippen LogP contribution >= 0.6 is 0 Å². The number of nitro groups is 1. The normalized spacial score (nSPS) is 10.6. The lowest BCUT2D eigenvalue weighted by Crippen LogP contribution is -2.20. The monoisotopic (exact) mass is 367 g/mol. The Morgan fingerprint density at radius 3 is 2.56 bits per heavy atom. The van der Waals surface area contributed by atoms with Crippen molar-refractivity contribution in [1.82, 2.24) is 4.98 Å². The largest absolute Gasteiger partial charge is 0.493 e. The van der Waals surface area contributed by atoms with Crippen LogP contribution in [-0.2, 0) is 6.42 Å². The standard InChI is InChI=1S/C20H21N3O4/c1-22(11-9-14-4-7-19(26-2)20(12-14)27-3)17-5-6-18(23(24)25)16-13-21-10-8-15(16)17/h4-8,10,12-13H,9,11H2,1-3H3. The van der Waals surface area contributed by atoms with Gasteiger partial charge in [0.15, 0.2) is 11.5 Å². The van der Waals surface area contributed by atoms with Gasteiger partial charge < -0.3 is 14.4 Å². The molecule has 7 heteroatoms. The van der Waals surface area contributed by atoms with Crippen LogP contribution in [0, 0.1) is 10.1 Å². The molecule has 0 aliphatic carbocycles. The average molecular weight is 367 g/mol. The van der Waals surface area contributed by atoms with Gasteiger partial charge in [0.2, 0.25) is 0 Å². The van der Waals surface area contributed by atoms with E-state index in [-0.39, 0.29) is 10.6 Å². The zero-order valence-electron chi connectivity index (χ0n) is 15.5. The summed E-state index contributed by atoms with van der Waals surface area (Å²) in [4.78, 5) is 17.0. The van der Waals surface area contributed by atoms with E-state index in [1.807, 2.05) is 31.3 Å². The minimum Gasteiger partial charge on any atom is -0.493 e. The second kappa shape index (κ2) is 7.90. The van der Waals surface area contributed by atoms with Crippen LogP contribution in [-0.4, -0.2) is 37.7 Å². The van der Waals surface area contributed by atoms with Crippen molar-refractivity contribution in [2.24, 2.45) is 0 Å². The highest BCUT2D eigenvalue weighted by Gasteiger charge is 2.16. The number of nitrogens with zero attached hydrogens (tertiary/aromatic N) is 3. The number of ether oxygens (including phenoxy) is 2. The van der Waals surface area contributed by atoms with E-state index < -0.39 is 0 Å². The maximum absolute atomic E-state index is 11.3. The summed E-state index contributed by atoms with van der Waals surface area (Å²) in [6.45, 7) is 0.741. The molecule has 0 radical (unpaired) electrons. The van der Waals surface area contributed by atoms with Crippen LogP contribution in [0.1, 0.15) is 5.56 Å². The van der Waals surface area contributed by atoms with Crippen molar-refractivity contribution >= 4 is 22.1 Å². The molecule has 3 rings (SSSR count). The molecule has 0 aliphatic rings. The Morgan fingerprint density at radius 1 is 1.07 bits per heavy atom. The first-order valence-electron chi connectivity index (χ1n) is 8.48. The number of fused-ring (bicyclic) bond motifs is 1. The summed E-state index contributed by atoms with van der Waals surface area (Å²) < 4.78 is 10.6. The van der Waals surface area contributed by atoms with Crippen LogP contribution in [0.3, 0.4) is 0 Å². The van der Waals surface area contributed by atoms with Crippen molar-refractivity contribution in [2.45, 2.75) is 6.42 Å². The minimum atomic E-state index is -0.378. The molecular formula is C20H21N3O4. The number of anilines is 1. The number of likely N-dealkylation sites (N-methyl/N-ethyl adjacent to an activating group) is 1. The SMILES string of the molecule is COc1ccc(CCN(C)c2ccc([N+](=O)[O-])c3cnccc23)cc1OC. The highest BCUT2D eigenvalue weighted by molar-refractivity contribution is 5.99. The van der Waals surface area contributed by atoms with Crippen molar-refractivity contribution < 1.29 is 14.4 Å². The number of non-ortho nitro benzene ring substituents is 1. The molecule has 0 amide bonds. The average Bonchev–Trinajstić information content (AvgIpc) is 2.70. The molecule has 0 atom stereocenters. The molecule has 7 nitrogen and oxygen atoms in total. The van der Waals surface area contributed by atoms with Gasteiger partial charge in [-0.3, -0.25) is 15.1 Å². The first-order valence-corrected chi connectivity index (χ1v) is 8.48. The van der Waals surface area contributed by atoms with Gasteiger partial charge in [0.05, 0.1) is 24.5 Å². The van der Waals surface area contributed by atoms with E-state index in [0.717, 1.165) is 29.6 Å². The van der Waals surface area contributed by atoms with Gasteiger partial charge in [-0.15, -0.1) is 0 Å². The Labute approximate surface area is 157 Å². The third-order valence-corrected chi connectivity index (χ3v) is 4.56. The van der Waals surface area contributed by atoms with Crippen molar-refractivity contribution in [3.63, 3.8) is 0 Å².